The quantitative estimate of drug-likeness (QED) is 0.834. The lowest BCUT2D eigenvalue weighted by molar-refractivity contribution is -0.121. The summed E-state index contributed by atoms with van der Waals surface area (Å²) >= 11 is 0. The Labute approximate surface area is 136 Å². The van der Waals surface area contributed by atoms with Gasteiger partial charge in [-0.1, -0.05) is 24.3 Å². The molecule has 0 saturated heterocycles. The monoisotopic (exact) mass is 336 g/mol. The topological polar surface area (TPSA) is 79.6 Å². The maximum Gasteiger partial charge on any atom is 0.235 e. The van der Waals surface area contributed by atoms with Crippen molar-refractivity contribution in [2.75, 3.05) is 12.8 Å². The first kappa shape index (κ1) is 17.2. The van der Waals surface area contributed by atoms with Crippen LogP contribution in [0.2, 0.25) is 0 Å². The number of nitrogens with one attached hydrogen (secondary N) is 1. The fourth-order valence-corrected chi connectivity index (χ4v) is 2.80. The Morgan fingerprint density at radius 1 is 1.22 bits per heavy atom. The molecule has 124 valence electrons. The maximum absolute atomic E-state index is 12.1. The Hall–Kier alpha value is -2.12. The second-order valence-electron chi connectivity index (χ2n) is 5.31. The molecule has 0 unspecified atom stereocenters. The lowest BCUT2D eigenvalue weighted by Crippen LogP contribution is -2.39. The molecule has 0 aliphatic rings. The Bertz CT molecular complexity index is 754. The summed E-state index contributed by atoms with van der Waals surface area (Å²) in [5.74, 6) is 0.132. The summed E-state index contributed by atoms with van der Waals surface area (Å²) < 4.78 is 29.9. The summed E-state index contributed by atoms with van der Waals surface area (Å²) in [6.45, 7) is 2.11. The normalized spacial score (nSPS) is 11.6. The molecule has 1 aromatic carbocycles. The van der Waals surface area contributed by atoms with Crippen molar-refractivity contribution in [2.45, 2.75) is 20.0 Å². The van der Waals surface area contributed by atoms with Gasteiger partial charge in [0, 0.05) is 6.54 Å². The van der Waals surface area contributed by atoms with Gasteiger partial charge in [-0.3, -0.25) is 4.79 Å². The number of carbonyl (C=O) groups excluding carboxylic acids is 1. The Kier molecular flexibility index (Phi) is 5.57. The minimum atomic E-state index is -3.51. The molecule has 0 radical (unpaired) electrons. The van der Waals surface area contributed by atoms with Gasteiger partial charge in [-0.25, -0.2) is 8.42 Å². The second-order valence-corrected chi connectivity index (χ2v) is 7.30. The van der Waals surface area contributed by atoms with Crippen molar-refractivity contribution in [3.05, 3.63) is 59.5 Å². The molecule has 7 heteroatoms. The zero-order valence-electron chi connectivity index (χ0n) is 13.2. The van der Waals surface area contributed by atoms with Crippen LogP contribution in [0.5, 0.6) is 0 Å². The predicted octanol–water partition coefficient (Wildman–Crippen LogP) is 1.67. The average molecular weight is 336 g/mol. The van der Waals surface area contributed by atoms with Gasteiger partial charge in [-0.05, 0) is 30.2 Å². The largest absolute Gasteiger partial charge is 0.468 e. The molecule has 6 nitrogen and oxygen atoms in total. The number of nitrogens with zero attached hydrogens (tertiary/aromatic N) is 1. The van der Waals surface area contributed by atoms with Gasteiger partial charge in [0.2, 0.25) is 15.9 Å². The van der Waals surface area contributed by atoms with Crippen molar-refractivity contribution in [1.29, 1.82) is 0 Å². The van der Waals surface area contributed by atoms with E-state index in [0.717, 1.165) is 21.7 Å². The van der Waals surface area contributed by atoms with Crippen molar-refractivity contribution in [3.8, 4) is 0 Å². The molecular formula is C16H20N2O4S. The molecule has 0 atom stereocenters. The molecule has 2 aromatic rings. The van der Waals surface area contributed by atoms with Crippen LogP contribution in [0.25, 0.3) is 0 Å². The van der Waals surface area contributed by atoms with Crippen LogP contribution in [0.1, 0.15) is 16.9 Å². The summed E-state index contributed by atoms with van der Waals surface area (Å²) in [7, 11) is -3.51. The Morgan fingerprint density at radius 2 is 1.96 bits per heavy atom. The van der Waals surface area contributed by atoms with E-state index in [9.17, 15) is 13.2 Å². The minimum Gasteiger partial charge on any atom is -0.468 e. The third kappa shape index (κ3) is 5.22. The van der Waals surface area contributed by atoms with Gasteiger partial charge in [0.15, 0.2) is 0 Å². The number of benzene rings is 1. The van der Waals surface area contributed by atoms with Crippen molar-refractivity contribution in [1.82, 2.24) is 9.62 Å². The highest BCUT2D eigenvalue weighted by Crippen LogP contribution is 2.09. The highest BCUT2D eigenvalue weighted by atomic mass is 32.2. The molecule has 0 saturated carbocycles. The first-order chi connectivity index (χ1) is 10.9. The van der Waals surface area contributed by atoms with E-state index >= 15 is 0 Å². The summed E-state index contributed by atoms with van der Waals surface area (Å²) in [4.78, 5) is 12.1. The van der Waals surface area contributed by atoms with Crippen molar-refractivity contribution < 1.29 is 17.6 Å². The standard InChI is InChI=1S/C16H20N2O4S/c1-13-6-3-4-7-14(13)10-17-16(19)12-18(23(2,20)21)11-15-8-5-9-22-15/h3-9H,10-12H2,1-2H3,(H,17,19). The number of amides is 1. The molecule has 0 aliphatic carbocycles. The zero-order valence-corrected chi connectivity index (χ0v) is 14.0. The summed E-state index contributed by atoms with van der Waals surface area (Å²) in [6, 6.07) is 11.1. The molecule has 2 rings (SSSR count). The molecule has 1 aromatic heterocycles. The maximum atomic E-state index is 12.1. The number of rotatable bonds is 7. The van der Waals surface area contributed by atoms with Crippen LogP contribution in [-0.4, -0.2) is 31.4 Å². The molecule has 1 amide bonds. The number of hydrogen-bond acceptors (Lipinski definition) is 4. The lowest BCUT2D eigenvalue weighted by Gasteiger charge is -2.18. The van der Waals surface area contributed by atoms with Crippen LogP contribution in [0.15, 0.2) is 47.1 Å². The number of carbonyl (C=O) groups is 1. The van der Waals surface area contributed by atoms with Crippen LogP contribution < -0.4 is 5.32 Å². The highest BCUT2D eigenvalue weighted by Gasteiger charge is 2.21. The van der Waals surface area contributed by atoms with Crippen molar-refractivity contribution in [3.63, 3.8) is 0 Å². The highest BCUT2D eigenvalue weighted by molar-refractivity contribution is 7.88. The van der Waals surface area contributed by atoms with Crippen LogP contribution in [0.4, 0.5) is 0 Å². The SMILES string of the molecule is Cc1ccccc1CNC(=O)CN(Cc1ccco1)S(C)(=O)=O. The van der Waals surface area contributed by atoms with Gasteiger partial charge in [-0.15, -0.1) is 0 Å². The van der Waals surface area contributed by atoms with Crippen LogP contribution in [0, 0.1) is 6.92 Å². The lowest BCUT2D eigenvalue weighted by atomic mass is 10.1. The van der Waals surface area contributed by atoms with Gasteiger partial charge in [0.05, 0.1) is 25.6 Å². The smallest absolute Gasteiger partial charge is 0.235 e. The number of hydrogen-bond donors (Lipinski definition) is 1. The van der Waals surface area contributed by atoms with E-state index in [1.807, 2.05) is 31.2 Å². The van der Waals surface area contributed by atoms with Crippen LogP contribution in [-0.2, 0) is 27.9 Å². The van der Waals surface area contributed by atoms with E-state index in [4.69, 9.17) is 4.42 Å². The molecule has 1 heterocycles. The van der Waals surface area contributed by atoms with Gasteiger partial charge in [-0.2, -0.15) is 4.31 Å². The van der Waals surface area contributed by atoms with Gasteiger partial charge >= 0.3 is 0 Å². The van der Waals surface area contributed by atoms with E-state index < -0.39 is 10.0 Å². The van der Waals surface area contributed by atoms with Crippen LogP contribution >= 0.6 is 0 Å². The zero-order chi connectivity index (χ0) is 16.9. The molecule has 0 aliphatic heterocycles. The van der Waals surface area contributed by atoms with Crippen LogP contribution in [0.3, 0.4) is 0 Å². The summed E-state index contributed by atoms with van der Waals surface area (Å²) in [5.41, 5.74) is 2.07. The molecular weight excluding hydrogens is 316 g/mol. The van der Waals surface area contributed by atoms with E-state index in [1.165, 1.54) is 6.26 Å². The summed E-state index contributed by atoms with van der Waals surface area (Å²) in [5, 5.41) is 2.75. The minimum absolute atomic E-state index is 0.0314. The Balaban J connectivity index is 1.96. The molecule has 23 heavy (non-hydrogen) atoms. The van der Waals surface area contributed by atoms with E-state index in [1.54, 1.807) is 12.1 Å². The van der Waals surface area contributed by atoms with Crippen molar-refractivity contribution >= 4 is 15.9 Å². The number of sulfonamides is 1. The van der Waals surface area contributed by atoms with Crippen molar-refractivity contribution in [2.24, 2.45) is 0 Å². The summed E-state index contributed by atoms with van der Waals surface area (Å²) in [6.07, 6.45) is 2.54. The second kappa shape index (κ2) is 7.43. The fraction of sp³-hybridized carbons (Fsp3) is 0.312. The fourth-order valence-electron chi connectivity index (χ4n) is 2.09. The molecule has 0 fully saturated rings. The first-order valence-electron chi connectivity index (χ1n) is 7.15. The number of furan rings is 1. The Morgan fingerprint density at radius 3 is 2.57 bits per heavy atom. The van der Waals surface area contributed by atoms with Gasteiger partial charge in [0.25, 0.3) is 0 Å². The predicted molar refractivity (Wildman–Crippen MR) is 87.0 cm³/mol. The number of aryl methyl sites for hydroxylation is 1. The molecule has 1 N–H and O–H groups in total. The third-order valence-corrected chi connectivity index (χ3v) is 4.63. The van der Waals surface area contributed by atoms with E-state index in [0.29, 0.717) is 12.3 Å². The third-order valence-electron chi connectivity index (χ3n) is 3.44. The molecule has 0 bridgehead atoms. The van der Waals surface area contributed by atoms with Gasteiger partial charge in [0.1, 0.15) is 5.76 Å². The molecule has 0 spiro atoms. The van der Waals surface area contributed by atoms with E-state index in [-0.39, 0.29) is 19.0 Å². The van der Waals surface area contributed by atoms with E-state index in [2.05, 4.69) is 5.32 Å². The first-order valence-corrected chi connectivity index (χ1v) is 9.00. The average Bonchev–Trinajstić information content (AvgIpc) is 2.98. The van der Waals surface area contributed by atoms with Gasteiger partial charge < -0.3 is 9.73 Å².